The normalized spacial score (nSPS) is 17.5. The molecule has 1 saturated carbocycles. The Morgan fingerprint density at radius 3 is 2.66 bits per heavy atom. The largest absolute Gasteiger partial charge is 0.373 e. The van der Waals surface area contributed by atoms with E-state index in [-0.39, 0.29) is 41.1 Å². The van der Waals surface area contributed by atoms with Gasteiger partial charge in [-0.05, 0) is 31.7 Å². The Balaban J connectivity index is 1.62. The first kappa shape index (κ1) is 23.2. The summed E-state index contributed by atoms with van der Waals surface area (Å²) in [5.41, 5.74) is -1.15. The predicted octanol–water partition coefficient (Wildman–Crippen LogP) is 2.29. The number of carbonyl (C=O) groups excluding carboxylic acids is 1. The van der Waals surface area contributed by atoms with Gasteiger partial charge >= 0.3 is 0 Å². The van der Waals surface area contributed by atoms with E-state index in [0.29, 0.717) is 12.4 Å². The molecule has 184 valence electrons. The van der Waals surface area contributed by atoms with Crippen LogP contribution in [0.2, 0.25) is 0 Å². The predicted molar refractivity (Wildman–Crippen MR) is 121 cm³/mol. The third-order valence-electron chi connectivity index (χ3n) is 6.22. The van der Waals surface area contributed by atoms with Gasteiger partial charge in [0.05, 0.1) is 12.4 Å². The molecular formula is C23H24F3N7O2. The van der Waals surface area contributed by atoms with Crippen LogP contribution < -0.4 is 16.0 Å². The number of hydrogen-bond donors (Lipinski definition) is 3. The van der Waals surface area contributed by atoms with Crippen LogP contribution in [0.4, 0.5) is 19.0 Å². The first-order chi connectivity index (χ1) is 17.0. The molecular weight excluding hydrogens is 463 g/mol. The summed E-state index contributed by atoms with van der Waals surface area (Å²) in [6, 6.07) is -0.0527. The van der Waals surface area contributed by atoms with E-state index in [1.54, 1.807) is 11.7 Å². The SMILES string of the molecule is CNc1c(C(=O)NCOC)c(C#Cc2c(F)c(F)c3c(ncn3C3CC3)c2F)nn1C1CCNC1. The highest BCUT2D eigenvalue weighted by atomic mass is 19.2. The highest BCUT2D eigenvalue weighted by Gasteiger charge is 2.31. The number of aromatic nitrogens is 4. The number of benzene rings is 1. The van der Waals surface area contributed by atoms with Crippen LogP contribution in [0.3, 0.4) is 0 Å². The Labute approximate surface area is 199 Å². The van der Waals surface area contributed by atoms with Crippen LogP contribution in [-0.4, -0.2) is 59.2 Å². The molecule has 9 nitrogen and oxygen atoms in total. The number of ether oxygens (including phenoxy) is 1. The molecule has 2 aliphatic rings. The number of amides is 1. The number of rotatable bonds is 6. The molecule has 0 bridgehead atoms. The van der Waals surface area contributed by atoms with Crippen molar-refractivity contribution in [3.05, 3.63) is 40.6 Å². The lowest BCUT2D eigenvalue weighted by molar-refractivity contribution is 0.0872. The standard InChI is InChI=1S/C23H24F3N7O2/c1-27-22-16(23(34)30-11-35-2)15(31-33(22)13-7-8-28-9-13)6-5-14-17(24)19(26)21-20(18(14)25)29-10-32(21)12-3-4-12/h10,12-13,27-28H,3-4,7-9,11H2,1-2H3,(H,30,34). The highest BCUT2D eigenvalue weighted by Crippen LogP contribution is 2.39. The number of halogens is 3. The molecule has 2 fully saturated rings. The van der Waals surface area contributed by atoms with E-state index in [1.165, 1.54) is 18.0 Å². The van der Waals surface area contributed by atoms with Gasteiger partial charge in [0.25, 0.3) is 5.91 Å². The fourth-order valence-electron chi connectivity index (χ4n) is 4.34. The zero-order valence-corrected chi connectivity index (χ0v) is 19.2. The minimum Gasteiger partial charge on any atom is -0.373 e. The summed E-state index contributed by atoms with van der Waals surface area (Å²) in [7, 11) is 3.06. The molecule has 1 atom stereocenters. The van der Waals surface area contributed by atoms with E-state index < -0.39 is 28.9 Å². The fourth-order valence-corrected chi connectivity index (χ4v) is 4.34. The van der Waals surface area contributed by atoms with E-state index in [9.17, 15) is 13.6 Å². The maximum Gasteiger partial charge on any atom is 0.259 e. The van der Waals surface area contributed by atoms with Crippen LogP contribution in [0.15, 0.2) is 6.33 Å². The van der Waals surface area contributed by atoms with Crippen molar-refractivity contribution < 1.29 is 22.7 Å². The number of imidazole rings is 1. The number of nitrogens with one attached hydrogen (secondary N) is 3. The second kappa shape index (κ2) is 9.24. The molecule has 5 rings (SSSR count). The van der Waals surface area contributed by atoms with E-state index >= 15 is 4.39 Å². The fraction of sp³-hybridized carbons (Fsp3) is 0.435. The molecule has 0 spiro atoms. The van der Waals surface area contributed by atoms with E-state index in [0.717, 1.165) is 25.8 Å². The van der Waals surface area contributed by atoms with Gasteiger partial charge in [0.15, 0.2) is 23.1 Å². The van der Waals surface area contributed by atoms with Crippen LogP contribution in [0.1, 0.15) is 53.0 Å². The van der Waals surface area contributed by atoms with Crippen molar-refractivity contribution in [2.75, 3.05) is 39.3 Å². The van der Waals surface area contributed by atoms with Crippen molar-refractivity contribution >= 4 is 22.8 Å². The van der Waals surface area contributed by atoms with Gasteiger partial charge in [0.1, 0.15) is 34.7 Å². The maximum atomic E-state index is 15.2. The summed E-state index contributed by atoms with van der Waals surface area (Å²) in [5.74, 6) is 1.19. The average Bonchev–Trinajstić information content (AvgIpc) is 3.26. The maximum absolute atomic E-state index is 15.2. The molecule has 1 amide bonds. The molecule has 1 aliphatic carbocycles. The van der Waals surface area contributed by atoms with Crippen LogP contribution in [0.5, 0.6) is 0 Å². The number of nitrogens with zero attached hydrogens (tertiary/aromatic N) is 4. The van der Waals surface area contributed by atoms with Crippen molar-refractivity contribution in [2.24, 2.45) is 0 Å². The molecule has 1 unspecified atom stereocenters. The Morgan fingerprint density at radius 2 is 2.00 bits per heavy atom. The van der Waals surface area contributed by atoms with Gasteiger partial charge in [-0.1, -0.05) is 5.92 Å². The second-order valence-corrected chi connectivity index (χ2v) is 8.50. The Bertz CT molecular complexity index is 1360. The molecule has 3 aromatic rings. The molecule has 1 aromatic carbocycles. The lowest BCUT2D eigenvalue weighted by Crippen LogP contribution is -2.26. The van der Waals surface area contributed by atoms with Gasteiger partial charge in [0.2, 0.25) is 0 Å². The van der Waals surface area contributed by atoms with Gasteiger partial charge in [0, 0.05) is 26.7 Å². The van der Waals surface area contributed by atoms with Crippen LogP contribution in [-0.2, 0) is 4.74 Å². The molecule has 12 heteroatoms. The van der Waals surface area contributed by atoms with Crippen LogP contribution >= 0.6 is 0 Å². The van der Waals surface area contributed by atoms with Gasteiger partial charge < -0.3 is 25.3 Å². The lowest BCUT2D eigenvalue weighted by Gasteiger charge is -2.14. The zero-order chi connectivity index (χ0) is 24.7. The number of carbonyl (C=O) groups is 1. The summed E-state index contributed by atoms with van der Waals surface area (Å²) in [6.45, 7) is 1.36. The summed E-state index contributed by atoms with van der Waals surface area (Å²) < 4.78 is 53.1. The van der Waals surface area contributed by atoms with Gasteiger partial charge in [-0.25, -0.2) is 22.8 Å². The Kier molecular flexibility index (Phi) is 6.12. The molecule has 3 heterocycles. The first-order valence-corrected chi connectivity index (χ1v) is 11.3. The van der Waals surface area contributed by atoms with Gasteiger partial charge in [-0.2, -0.15) is 5.10 Å². The van der Waals surface area contributed by atoms with Crippen LogP contribution in [0.25, 0.3) is 11.0 Å². The van der Waals surface area contributed by atoms with Gasteiger partial charge in [-0.3, -0.25) is 4.79 Å². The van der Waals surface area contributed by atoms with Crippen molar-refractivity contribution in [2.45, 2.75) is 31.3 Å². The molecule has 2 aromatic heterocycles. The van der Waals surface area contributed by atoms with E-state index in [2.05, 4.69) is 37.9 Å². The van der Waals surface area contributed by atoms with Crippen molar-refractivity contribution in [3.8, 4) is 11.8 Å². The van der Waals surface area contributed by atoms with Crippen molar-refractivity contribution in [1.29, 1.82) is 0 Å². The molecule has 35 heavy (non-hydrogen) atoms. The van der Waals surface area contributed by atoms with Crippen molar-refractivity contribution in [1.82, 2.24) is 30.0 Å². The molecule has 0 radical (unpaired) electrons. The third-order valence-corrected chi connectivity index (χ3v) is 6.22. The summed E-state index contributed by atoms with van der Waals surface area (Å²) in [5, 5.41) is 13.3. The summed E-state index contributed by atoms with van der Waals surface area (Å²) >= 11 is 0. The zero-order valence-electron chi connectivity index (χ0n) is 19.2. The quantitative estimate of drug-likeness (QED) is 0.281. The van der Waals surface area contributed by atoms with Gasteiger partial charge in [-0.15, -0.1) is 0 Å². The Morgan fingerprint density at radius 1 is 1.20 bits per heavy atom. The molecule has 1 aliphatic heterocycles. The lowest BCUT2D eigenvalue weighted by atomic mass is 10.1. The van der Waals surface area contributed by atoms with Crippen LogP contribution in [0, 0.1) is 29.3 Å². The highest BCUT2D eigenvalue weighted by molar-refractivity contribution is 6.01. The molecule has 3 N–H and O–H groups in total. The minimum absolute atomic E-state index is 0.00216. The number of hydrogen-bond acceptors (Lipinski definition) is 6. The van der Waals surface area contributed by atoms with Crippen molar-refractivity contribution in [3.63, 3.8) is 0 Å². The smallest absolute Gasteiger partial charge is 0.259 e. The number of fused-ring (bicyclic) bond motifs is 1. The van der Waals surface area contributed by atoms with E-state index in [1.807, 2.05) is 0 Å². The topological polar surface area (TPSA) is 98.0 Å². The summed E-state index contributed by atoms with van der Waals surface area (Å²) in [4.78, 5) is 16.8. The Hall–Kier alpha value is -3.56. The third kappa shape index (κ3) is 4.00. The second-order valence-electron chi connectivity index (χ2n) is 8.50. The first-order valence-electron chi connectivity index (χ1n) is 11.3. The average molecular weight is 487 g/mol. The molecule has 1 saturated heterocycles. The summed E-state index contributed by atoms with van der Waals surface area (Å²) in [6.07, 6.45) is 3.70. The van der Waals surface area contributed by atoms with E-state index in [4.69, 9.17) is 4.74 Å². The number of anilines is 1. The monoisotopic (exact) mass is 487 g/mol. The number of methoxy groups -OCH3 is 1. The minimum atomic E-state index is -1.40.